The monoisotopic (exact) mass is 285 g/mol. The molecule has 0 amide bonds. The summed E-state index contributed by atoms with van der Waals surface area (Å²) in [6.07, 6.45) is 2.78. The topological polar surface area (TPSA) is 0 Å². The highest BCUT2D eigenvalue weighted by Crippen LogP contribution is 2.45. The lowest BCUT2D eigenvalue weighted by Crippen LogP contribution is -1.97. The Labute approximate surface area is 93.9 Å². The molecule has 1 aromatic rings. The van der Waals surface area contributed by atoms with E-state index in [-0.39, 0.29) is 0 Å². The predicted molar refractivity (Wildman–Crippen MR) is 64.8 cm³/mol. The Bertz CT molecular complexity index is 311. The molecule has 1 aromatic carbocycles. The van der Waals surface area contributed by atoms with Gasteiger partial charge in [-0.05, 0) is 64.5 Å². The molecule has 1 saturated carbocycles. The zero-order valence-corrected chi connectivity index (χ0v) is 10.3. The van der Waals surface area contributed by atoms with Crippen molar-refractivity contribution in [1.82, 2.24) is 0 Å². The number of hydrogen-bond acceptors (Lipinski definition) is 0. The second-order valence-electron chi connectivity index (χ2n) is 3.98. The minimum atomic E-state index is 0.859. The second kappa shape index (κ2) is 3.60. The Morgan fingerprint density at radius 3 is 2.54 bits per heavy atom. The highest BCUT2D eigenvalue weighted by molar-refractivity contribution is 14.1. The summed E-state index contributed by atoms with van der Waals surface area (Å²) in [7, 11) is 0. The van der Waals surface area contributed by atoms with Crippen molar-refractivity contribution in [2.24, 2.45) is 0 Å². The van der Waals surface area contributed by atoms with Crippen LogP contribution in [0.3, 0.4) is 0 Å². The first kappa shape index (κ1) is 9.50. The first-order valence-corrected chi connectivity index (χ1v) is 5.87. The highest BCUT2D eigenvalue weighted by Gasteiger charge is 2.28. The fourth-order valence-corrected chi connectivity index (χ4v) is 2.70. The van der Waals surface area contributed by atoms with Gasteiger partial charge in [0.25, 0.3) is 0 Å². The highest BCUT2D eigenvalue weighted by atomic mass is 127. The fourth-order valence-electron chi connectivity index (χ4n) is 1.76. The lowest BCUT2D eigenvalue weighted by atomic mass is 9.95. The lowest BCUT2D eigenvalue weighted by Gasteiger charge is -2.13. The van der Waals surface area contributed by atoms with Crippen molar-refractivity contribution >= 4 is 22.6 Å². The molecule has 0 heterocycles. The van der Waals surface area contributed by atoms with Crippen LogP contribution in [0.5, 0.6) is 0 Å². The van der Waals surface area contributed by atoms with Gasteiger partial charge in [0.2, 0.25) is 0 Å². The van der Waals surface area contributed by atoms with Gasteiger partial charge in [0.15, 0.2) is 0 Å². The molecule has 69 valence electrons. The normalized spacial score (nSPS) is 16.6. The summed E-state index contributed by atoms with van der Waals surface area (Å²) in [5, 5.41) is 0. The Morgan fingerprint density at radius 1 is 1.31 bits per heavy atom. The van der Waals surface area contributed by atoms with Gasteiger partial charge in [0.1, 0.15) is 0 Å². The molecule has 0 unspecified atom stereocenters. The summed E-state index contributed by atoms with van der Waals surface area (Å²) >= 11 is 2.46. The van der Waals surface area contributed by atoms with E-state index >= 15 is 0 Å². The number of benzene rings is 1. The van der Waals surface area contributed by atoms with Gasteiger partial charge in [0, 0.05) is 3.57 Å². The van der Waals surface area contributed by atoms with Crippen LogP contribution in [-0.2, 0) is 0 Å². The van der Waals surface area contributed by atoms with Crippen molar-refractivity contribution in [1.29, 1.82) is 0 Å². The van der Waals surface area contributed by atoms with E-state index in [1.54, 1.807) is 5.56 Å². The van der Waals surface area contributed by atoms with Crippen molar-refractivity contribution in [2.45, 2.75) is 32.6 Å². The van der Waals surface area contributed by atoms with Gasteiger partial charge in [0.05, 0.1) is 0 Å². The van der Waals surface area contributed by atoms with Crippen LogP contribution in [-0.4, -0.2) is 0 Å². The Hall–Kier alpha value is -0.0500. The van der Waals surface area contributed by atoms with Crippen LogP contribution in [0.4, 0.5) is 0 Å². The molecule has 0 N–H and O–H groups in total. The van der Waals surface area contributed by atoms with Gasteiger partial charge < -0.3 is 0 Å². The summed E-state index contributed by atoms with van der Waals surface area (Å²) < 4.78 is 1.44. The van der Waals surface area contributed by atoms with Crippen molar-refractivity contribution < 1.29 is 0 Å². The summed E-state index contributed by atoms with van der Waals surface area (Å²) in [6.45, 7) is 4.41. The molecule has 1 fully saturated rings. The zero-order valence-electron chi connectivity index (χ0n) is 8.10. The van der Waals surface area contributed by atoms with E-state index in [9.17, 15) is 0 Å². The molecule has 1 aliphatic rings. The maximum absolute atomic E-state index is 2.46. The van der Waals surface area contributed by atoms with Gasteiger partial charge in [-0.15, -0.1) is 0 Å². The maximum Gasteiger partial charge on any atom is 0.0168 e. The largest absolute Gasteiger partial charge is 0.0609 e. The van der Waals surface area contributed by atoms with Gasteiger partial charge >= 0.3 is 0 Å². The predicted octanol–water partition coefficient (Wildman–Crippen LogP) is 4.13. The number of rotatable bonds is 2. The van der Waals surface area contributed by atoms with Gasteiger partial charge in [-0.2, -0.15) is 0 Å². The van der Waals surface area contributed by atoms with Crippen LogP contribution in [0.15, 0.2) is 18.2 Å². The summed E-state index contributed by atoms with van der Waals surface area (Å²) in [5.41, 5.74) is 3.08. The number of hydrogen-bond donors (Lipinski definition) is 0. The third-order valence-electron chi connectivity index (χ3n) is 2.58. The van der Waals surface area contributed by atoms with Crippen LogP contribution < -0.4 is 0 Å². The lowest BCUT2D eigenvalue weighted by molar-refractivity contribution is 1.03. The van der Waals surface area contributed by atoms with Crippen molar-refractivity contribution in [3.05, 3.63) is 38.8 Å². The van der Waals surface area contributed by atoms with Crippen LogP contribution in [0, 0.1) is 9.49 Å². The Kier molecular flexibility index (Phi) is 2.63. The molecule has 1 aliphatic carbocycles. The zero-order chi connectivity index (χ0) is 9.42. The van der Waals surface area contributed by atoms with E-state index in [4.69, 9.17) is 0 Å². The molecule has 2 rings (SSSR count). The van der Waals surface area contributed by atoms with Crippen molar-refractivity contribution in [3.8, 4) is 0 Å². The van der Waals surface area contributed by atoms with E-state index in [0.717, 1.165) is 5.92 Å². The summed E-state index contributed by atoms with van der Waals surface area (Å²) in [5.74, 6) is 2.30. The third kappa shape index (κ3) is 1.90. The van der Waals surface area contributed by atoms with Crippen LogP contribution >= 0.6 is 22.6 Å². The molecule has 0 atom stereocenters. The van der Waals surface area contributed by atoms with Crippen LogP contribution in [0.1, 0.15) is 43.7 Å². The van der Waals surface area contributed by atoms with E-state index in [2.05, 4.69) is 54.6 Å². The molecule has 0 nitrogen and oxygen atoms in total. The van der Waals surface area contributed by atoms with E-state index in [0.29, 0.717) is 0 Å². The first-order valence-electron chi connectivity index (χ1n) is 4.79. The van der Waals surface area contributed by atoms with Crippen molar-refractivity contribution in [3.63, 3.8) is 0 Å². The quantitative estimate of drug-likeness (QED) is 0.717. The van der Waals surface area contributed by atoms with E-state index in [1.807, 2.05) is 0 Å². The van der Waals surface area contributed by atoms with E-state index < -0.39 is 0 Å². The average Bonchev–Trinajstić information content (AvgIpc) is 2.86. The smallest absolute Gasteiger partial charge is 0.0168 e. The van der Waals surface area contributed by atoms with Gasteiger partial charge in [-0.25, -0.2) is 0 Å². The molecule has 0 bridgehead atoms. The Morgan fingerprint density at radius 2 is 2.00 bits per heavy atom. The molecule has 1 radical (unpaired) electrons. The molecule has 0 saturated heterocycles. The SMILES string of the molecule is C[C](C)c1cccc(I)c1C1CC1. The van der Waals surface area contributed by atoms with Crippen LogP contribution in [0.25, 0.3) is 0 Å². The van der Waals surface area contributed by atoms with E-state index in [1.165, 1.54) is 27.9 Å². The van der Waals surface area contributed by atoms with Crippen molar-refractivity contribution in [2.75, 3.05) is 0 Å². The minimum Gasteiger partial charge on any atom is -0.0609 e. The number of halogens is 1. The maximum atomic E-state index is 2.46. The molecule has 1 heteroatoms. The minimum absolute atomic E-state index is 0.859. The molecule has 0 aliphatic heterocycles. The Balaban J connectivity index is 2.47. The molecule has 0 spiro atoms. The average molecular weight is 285 g/mol. The van der Waals surface area contributed by atoms with Crippen LogP contribution in [0.2, 0.25) is 0 Å². The molecule has 13 heavy (non-hydrogen) atoms. The van der Waals surface area contributed by atoms with Gasteiger partial charge in [-0.3, -0.25) is 0 Å². The van der Waals surface area contributed by atoms with Gasteiger partial charge in [-0.1, -0.05) is 26.0 Å². The third-order valence-corrected chi connectivity index (χ3v) is 3.52. The molecule has 0 aromatic heterocycles. The summed E-state index contributed by atoms with van der Waals surface area (Å²) in [4.78, 5) is 0. The summed E-state index contributed by atoms with van der Waals surface area (Å²) in [6, 6.07) is 6.64. The molecular weight excluding hydrogens is 271 g/mol. The fraction of sp³-hybridized carbons (Fsp3) is 0.417. The second-order valence-corrected chi connectivity index (χ2v) is 5.14. The standard InChI is InChI=1S/C12H14I/c1-8(2)10-4-3-5-11(13)12(10)9-6-7-9/h3-5,9H,6-7H2,1-2H3. The first-order chi connectivity index (χ1) is 6.20. The molecular formula is C12H14I.